The van der Waals surface area contributed by atoms with Gasteiger partial charge >= 0.3 is 5.97 Å². The average Bonchev–Trinajstić information content (AvgIpc) is 2.72. The highest BCUT2D eigenvalue weighted by Gasteiger charge is 2.20. The normalized spacial score (nSPS) is 12.2. The Bertz CT molecular complexity index is 428. The summed E-state index contributed by atoms with van der Waals surface area (Å²) in [6.07, 6.45) is 2.03. The predicted molar refractivity (Wildman–Crippen MR) is 71.9 cm³/mol. The van der Waals surface area contributed by atoms with Crippen LogP contribution in [-0.4, -0.2) is 35.0 Å². The van der Waals surface area contributed by atoms with Crippen LogP contribution in [0.25, 0.3) is 0 Å². The van der Waals surface area contributed by atoms with Crippen molar-refractivity contribution >= 4 is 23.2 Å². The van der Waals surface area contributed by atoms with E-state index in [1.54, 1.807) is 11.3 Å². The number of carbonyl (C=O) groups is 2. The Balaban J connectivity index is 2.35. The Morgan fingerprint density at radius 2 is 2.11 bits per heavy atom. The number of carbonyl (C=O) groups excluding carboxylic acids is 1. The second-order valence-corrected chi connectivity index (χ2v) is 5.76. The van der Waals surface area contributed by atoms with E-state index < -0.39 is 12.0 Å². The minimum atomic E-state index is -0.972. The molecule has 0 fully saturated rings. The summed E-state index contributed by atoms with van der Waals surface area (Å²) in [7, 11) is 1.54. The fourth-order valence-corrected chi connectivity index (χ4v) is 2.52. The van der Waals surface area contributed by atoms with E-state index in [-0.39, 0.29) is 5.91 Å². The molecule has 1 amide bonds. The lowest BCUT2D eigenvalue weighted by atomic mass is 10.2. The Morgan fingerprint density at radius 1 is 1.44 bits per heavy atom. The van der Waals surface area contributed by atoms with Crippen LogP contribution in [0.1, 0.15) is 29.5 Å². The molecule has 1 aromatic rings. The molecule has 18 heavy (non-hydrogen) atoms. The van der Waals surface area contributed by atoms with E-state index >= 15 is 0 Å². The molecule has 0 saturated heterocycles. The van der Waals surface area contributed by atoms with Crippen molar-refractivity contribution < 1.29 is 14.7 Å². The number of aryl methyl sites for hydroxylation is 2. The van der Waals surface area contributed by atoms with Crippen molar-refractivity contribution in [3.05, 3.63) is 21.9 Å². The standard InChI is InChI=1S/C13H19NO3S/c1-9-7-8-11(18-9)5-4-6-12(15)14(3)10(2)13(16)17/h7-8,10H,4-6H2,1-3H3,(H,16,17). The lowest BCUT2D eigenvalue weighted by molar-refractivity contribution is -0.148. The van der Waals surface area contributed by atoms with Crippen molar-refractivity contribution in [2.45, 2.75) is 39.2 Å². The molecule has 0 saturated carbocycles. The molecule has 1 N–H and O–H groups in total. The number of amides is 1. The third kappa shape index (κ3) is 4.14. The van der Waals surface area contributed by atoms with Crippen molar-refractivity contribution in [2.75, 3.05) is 7.05 Å². The summed E-state index contributed by atoms with van der Waals surface area (Å²) in [6.45, 7) is 3.57. The molecule has 0 aromatic carbocycles. The Morgan fingerprint density at radius 3 is 2.61 bits per heavy atom. The van der Waals surface area contributed by atoms with Crippen molar-refractivity contribution in [3.8, 4) is 0 Å². The fourth-order valence-electron chi connectivity index (χ4n) is 1.59. The molecule has 1 unspecified atom stereocenters. The second kappa shape index (κ2) is 6.54. The Kier molecular flexibility index (Phi) is 5.34. The first kappa shape index (κ1) is 14.7. The number of nitrogens with zero attached hydrogens (tertiary/aromatic N) is 1. The van der Waals surface area contributed by atoms with Gasteiger partial charge in [-0.15, -0.1) is 11.3 Å². The summed E-state index contributed by atoms with van der Waals surface area (Å²) in [6, 6.07) is 3.38. The van der Waals surface area contributed by atoms with Crippen LogP contribution in [0, 0.1) is 6.92 Å². The van der Waals surface area contributed by atoms with Crippen LogP contribution >= 0.6 is 11.3 Å². The molecule has 0 radical (unpaired) electrons. The van der Waals surface area contributed by atoms with Gasteiger partial charge in [0, 0.05) is 23.2 Å². The van der Waals surface area contributed by atoms with Gasteiger partial charge < -0.3 is 10.0 Å². The molecule has 1 atom stereocenters. The zero-order chi connectivity index (χ0) is 13.7. The molecule has 0 aliphatic rings. The van der Waals surface area contributed by atoms with Crippen LogP contribution < -0.4 is 0 Å². The van der Waals surface area contributed by atoms with E-state index in [2.05, 4.69) is 19.1 Å². The van der Waals surface area contributed by atoms with Crippen LogP contribution in [0.5, 0.6) is 0 Å². The maximum absolute atomic E-state index is 11.8. The van der Waals surface area contributed by atoms with Gasteiger partial charge in [0.1, 0.15) is 6.04 Å². The highest BCUT2D eigenvalue weighted by atomic mass is 32.1. The third-order valence-electron chi connectivity index (χ3n) is 2.94. The van der Waals surface area contributed by atoms with E-state index in [1.807, 2.05) is 0 Å². The van der Waals surface area contributed by atoms with Gasteiger partial charge in [-0.25, -0.2) is 4.79 Å². The van der Waals surface area contributed by atoms with Gasteiger partial charge in [0.25, 0.3) is 0 Å². The third-order valence-corrected chi connectivity index (χ3v) is 4.00. The lowest BCUT2D eigenvalue weighted by Gasteiger charge is -2.21. The van der Waals surface area contributed by atoms with Gasteiger partial charge in [0.2, 0.25) is 5.91 Å². The molecular weight excluding hydrogens is 250 g/mol. The summed E-state index contributed by atoms with van der Waals surface area (Å²) in [4.78, 5) is 26.3. The fraction of sp³-hybridized carbons (Fsp3) is 0.538. The largest absolute Gasteiger partial charge is 0.480 e. The molecule has 5 heteroatoms. The molecule has 1 heterocycles. The predicted octanol–water partition coefficient (Wildman–Crippen LogP) is 2.31. The quantitative estimate of drug-likeness (QED) is 0.862. The first-order chi connectivity index (χ1) is 8.41. The molecule has 0 aliphatic heterocycles. The topological polar surface area (TPSA) is 57.6 Å². The average molecular weight is 269 g/mol. The number of hydrogen-bond donors (Lipinski definition) is 1. The lowest BCUT2D eigenvalue weighted by Crippen LogP contribution is -2.40. The maximum Gasteiger partial charge on any atom is 0.326 e. The van der Waals surface area contributed by atoms with Crippen molar-refractivity contribution in [1.82, 2.24) is 4.90 Å². The summed E-state index contributed by atoms with van der Waals surface area (Å²) >= 11 is 1.74. The van der Waals surface area contributed by atoms with E-state index in [9.17, 15) is 9.59 Å². The summed E-state index contributed by atoms with van der Waals surface area (Å²) < 4.78 is 0. The molecular formula is C13H19NO3S. The van der Waals surface area contributed by atoms with E-state index in [0.29, 0.717) is 6.42 Å². The van der Waals surface area contributed by atoms with Gasteiger partial charge in [-0.2, -0.15) is 0 Å². The number of carboxylic acid groups (broad SMARTS) is 1. The Labute approximate surface area is 111 Å². The second-order valence-electron chi connectivity index (χ2n) is 4.38. The van der Waals surface area contributed by atoms with Crippen molar-refractivity contribution in [1.29, 1.82) is 0 Å². The van der Waals surface area contributed by atoms with Gasteiger partial charge in [-0.05, 0) is 38.8 Å². The highest BCUT2D eigenvalue weighted by molar-refractivity contribution is 7.11. The van der Waals surface area contributed by atoms with Gasteiger partial charge in [0.05, 0.1) is 0 Å². The SMILES string of the molecule is Cc1ccc(CCCC(=O)N(C)C(C)C(=O)O)s1. The maximum atomic E-state index is 11.8. The smallest absolute Gasteiger partial charge is 0.326 e. The molecule has 0 bridgehead atoms. The molecule has 1 rings (SSSR count). The number of rotatable bonds is 6. The molecule has 4 nitrogen and oxygen atoms in total. The van der Waals surface area contributed by atoms with Gasteiger partial charge in [0.15, 0.2) is 0 Å². The summed E-state index contributed by atoms with van der Waals surface area (Å²) in [5.74, 6) is -1.09. The van der Waals surface area contributed by atoms with Crippen LogP contribution in [-0.2, 0) is 16.0 Å². The van der Waals surface area contributed by atoms with E-state index in [4.69, 9.17) is 5.11 Å². The number of thiophene rings is 1. The summed E-state index contributed by atoms with van der Waals surface area (Å²) in [5, 5.41) is 8.82. The van der Waals surface area contributed by atoms with E-state index in [0.717, 1.165) is 12.8 Å². The van der Waals surface area contributed by atoms with Crippen LogP contribution in [0.4, 0.5) is 0 Å². The van der Waals surface area contributed by atoms with Crippen LogP contribution in [0.2, 0.25) is 0 Å². The Hall–Kier alpha value is -1.36. The highest BCUT2D eigenvalue weighted by Crippen LogP contribution is 2.17. The first-order valence-corrected chi connectivity index (χ1v) is 6.77. The zero-order valence-electron chi connectivity index (χ0n) is 11.0. The molecule has 100 valence electrons. The van der Waals surface area contributed by atoms with Gasteiger partial charge in [-0.1, -0.05) is 0 Å². The number of likely N-dealkylation sites (N-methyl/N-ethyl adjacent to an activating group) is 1. The first-order valence-electron chi connectivity index (χ1n) is 5.95. The zero-order valence-corrected chi connectivity index (χ0v) is 11.8. The molecule has 0 spiro atoms. The van der Waals surface area contributed by atoms with Crippen molar-refractivity contribution in [3.63, 3.8) is 0 Å². The summed E-state index contributed by atoms with van der Waals surface area (Å²) in [5.41, 5.74) is 0. The van der Waals surface area contributed by atoms with Gasteiger partial charge in [-0.3, -0.25) is 4.79 Å². The van der Waals surface area contributed by atoms with E-state index in [1.165, 1.54) is 28.6 Å². The molecule has 1 aromatic heterocycles. The number of aliphatic carboxylic acids is 1. The number of hydrogen-bond acceptors (Lipinski definition) is 3. The molecule has 0 aliphatic carbocycles. The van der Waals surface area contributed by atoms with Crippen LogP contribution in [0.15, 0.2) is 12.1 Å². The van der Waals surface area contributed by atoms with Crippen LogP contribution in [0.3, 0.4) is 0 Å². The van der Waals surface area contributed by atoms with Crippen molar-refractivity contribution in [2.24, 2.45) is 0 Å². The monoisotopic (exact) mass is 269 g/mol. The minimum Gasteiger partial charge on any atom is -0.480 e. The minimum absolute atomic E-state index is 0.113. The number of carboxylic acids is 1.